The maximum absolute atomic E-state index is 13.7. The number of piperidine rings is 1. The minimum atomic E-state index is -3.60. The van der Waals surface area contributed by atoms with Gasteiger partial charge in [-0.2, -0.15) is 4.31 Å². The predicted octanol–water partition coefficient (Wildman–Crippen LogP) is 5.92. The third kappa shape index (κ3) is 6.64. The molecule has 0 N–H and O–H groups in total. The number of rotatable bonds is 9. The molecule has 0 aliphatic carbocycles. The van der Waals surface area contributed by atoms with Crippen molar-refractivity contribution in [2.24, 2.45) is 0 Å². The third-order valence-corrected chi connectivity index (χ3v) is 10.1. The lowest BCUT2D eigenvalue weighted by atomic mass is 10.1. The maximum atomic E-state index is 13.7. The Balaban J connectivity index is 0.00000380. The first-order valence-electron chi connectivity index (χ1n) is 12.5. The SMILES string of the molecule is CCN(CC)CCN(C(=O)c1ccc(S(=O)(=O)N2CCCCC2C)cc1)c1nc2ccc(Cl)cc2s1.Cl. The number of fused-ring (bicyclic) bond motifs is 1. The predicted molar refractivity (Wildman–Crippen MR) is 155 cm³/mol. The number of benzene rings is 2. The van der Waals surface area contributed by atoms with Crippen molar-refractivity contribution in [3.63, 3.8) is 0 Å². The van der Waals surface area contributed by atoms with Crippen LogP contribution in [-0.4, -0.2) is 67.3 Å². The van der Waals surface area contributed by atoms with Gasteiger partial charge in [-0.25, -0.2) is 13.4 Å². The number of amides is 1. The van der Waals surface area contributed by atoms with Gasteiger partial charge in [0, 0.05) is 36.3 Å². The van der Waals surface area contributed by atoms with Crippen molar-refractivity contribution in [1.82, 2.24) is 14.2 Å². The van der Waals surface area contributed by atoms with Crippen molar-refractivity contribution in [3.05, 3.63) is 53.1 Å². The first-order valence-corrected chi connectivity index (χ1v) is 15.1. The summed E-state index contributed by atoms with van der Waals surface area (Å²) in [5.74, 6) is -0.206. The van der Waals surface area contributed by atoms with Crippen LogP contribution in [0.5, 0.6) is 0 Å². The van der Waals surface area contributed by atoms with Gasteiger partial charge in [0.2, 0.25) is 10.0 Å². The zero-order valence-electron chi connectivity index (χ0n) is 21.4. The highest BCUT2D eigenvalue weighted by Crippen LogP contribution is 2.32. The van der Waals surface area contributed by atoms with Gasteiger partial charge in [-0.05, 0) is 75.3 Å². The lowest BCUT2D eigenvalue weighted by molar-refractivity contribution is 0.0983. The molecule has 1 aromatic heterocycles. The van der Waals surface area contributed by atoms with Crippen molar-refractivity contribution in [1.29, 1.82) is 0 Å². The topological polar surface area (TPSA) is 73.8 Å². The van der Waals surface area contributed by atoms with E-state index in [9.17, 15) is 13.2 Å². The second-order valence-corrected chi connectivity index (χ2v) is 12.4. The molecular formula is C26H34Cl2N4O3S2. The van der Waals surface area contributed by atoms with Crippen LogP contribution in [0.15, 0.2) is 47.4 Å². The van der Waals surface area contributed by atoms with E-state index in [4.69, 9.17) is 16.6 Å². The van der Waals surface area contributed by atoms with Crippen LogP contribution in [0.1, 0.15) is 50.4 Å². The smallest absolute Gasteiger partial charge is 0.260 e. The molecule has 2 heterocycles. The fraction of sp³-hybridized carbons (Fsp3) is 0.462. The van der Waals surface area contributed by atoms with E-state index < -0.39 is 10.0 Å². The lowest BCUT2D eigenvalue weighted by Gasteiger charge is -2.32. The fourth-order valence-electron chi connectivity index (χ4n) is 4.56. The van der Waals surface area contributed by atoms with Crippen LogP contribution in [0.25, 0.3) is 10.2 Å². The number of thiazole rings is 1. The van der Waals surface area contributed by atoms with Gasteiger partial charge in [0.05, 0.1) is 15.1 Å². The van der Waals surface area contributed by atoms with Gasteiger partial charge in [-0.3, -0.25) is 9.69 Å². The molecule has 0 spiro atoms. The summed E-state index contributed by atoms with van der Waals surface area (Å²) >= 11 is 7.59. The average molecular weight is 586 g/mol. The third-order valence-electron chi connectivity index (χ3n) is 6.80. The number of nitrogens with zero attached hydrogens (tertiary/aromatic N) is 4. The number of carbonyl (C=O) groups excluding carboxylic acids is 1. The Morgan fingerprint density at radius 1 is 1.11 bits per heavy atom. The molecular weight excluding hydrogens is 551 g/mol. The summed E-state index contributed by atoms with van der Waals surface area (Å²) in [5, 5.41) is 1.22. The summed E-state index contributed by atoms with van der Waals surface area (Å²) in [7, 11) is -3.60. The van der Waals surface area contributed by atoms with Crippen LogP contribution < -0.4 is 4.90 Å². The van der Waals surface area contributed by atoms with Gasteiger partial charge in [0.25, 0.3) is 5.91 Å². The first-order chi connectivity index (χ1) is 17.2. The van der Waals surface area contributed by atoms with Gasteiger partial charge >= 0.3 is 0 Å². The normalized spacial score (nSPS) is 16.6. The highest BCUT2D eigenvalue weighted by Gasteiger charge is 2.31. The number of likely N-dealkylation sites (N-methyl/N-ethyl adjacent to an activating group) is 1. The zero-order chi connectivity index (χ0) is 25.9. The largest absolute Gasteiger partial charge is 0.302 e. The van der Waals surface area contributed by atoms with Crippen LogP contribution in [0.4, 0.5) is 5.13 Å². The molecule has 4 rings (SSSR count). The Labute approximate surface area is 234 Å². The first kappa shape index (κ1) is 29.8. The van der Waals surface area contributed by atoms with Crippen molar-refractivity contribution in [2.45, 2.75) is 51.0 Å². The molecule has 3 aromatic rings. The van der Waals surface area contributed by atoms with E-state index in [0.29, 0.717) is 35.4 Å². The minimum absolute atomic E-state index is 0. The van der Waals surface area contributed by atoms with Gasteiger partial charge in [-0.1, -0.05) is 43.2 Å². The molecule has 37 heavy (non-hydrogen) atoms. The second kappa shape index (κ2) is 12.9. The highest BCUT2D eigenvalue weighted by atomic mass is 35.5. The Bertz CT molecular complexity index is 1310. The summed E-state index contributed by atoms with van der Waals surface area (Å²) in [6.45, 7) is 9.62. The molecule has 0 radical (unpaired) electrons. The highest BCUT2D eigenvalue weighted by molar-refractivity contribution is 7.89. The monoisotopic (exact) mass is 584 g/mol. The van der Waals surface area contributed by atoms with Crippen molar-refractivity contribution >= 4 is 66.6 Å². The molecule has 1 atom stereocenters. The summed E-state index contributed by atoms with van der Waals surface area (Å²) in [4.78, 5) is 22.5. The molecule has 1 aliphatic heterocycles. The average Bonchev–Trinajstić information content (AvgIpc) is 3.29. The van der Waals surface area contributed by atoms with Crippen LogP contribution in [-0.2, 0) is 10.0 Å². The van der Waals surface area contributed by atoms with Gasteiger partial charge in [0.15, 0.2) is 5.13 Å². The molecule has 2 aromatic carbocycles. The van der Waals surface area contributed by atoms with E-state index in [1.165, 1.54) is 11.3 Å². The Kier molecular flexibility index (Phi) is 10.4. The van der Waals surface area contributed by atoms with Crippen molar-refractivity contribution < 1.29 is 13.2 Å². The van der Waals surface area contributed by atoms with Crippen LogP contribution in [0.3, 0.4) is 0 Å². The molecule has 1 saturated heterocycles. The standard InChI is InChI=1S/C26H33ClN4O3S2.ClH/c1-4-29(5-2)16-17-30(26-28-23-14-11-21(27)18-24(23)35-26)25(32)20-9-12-22(13-10-20)36(33,34)31-15-7-6-8-19(31)3;/h9-14,18-19H,4-8,15-17H2,1-3H3;1H. The number of anilines is 1. The summed E-state index contributed by atoms with van der Waals surface area (Å²) < 4.78 is 28.9. The Hall–Kier alpha value is -1.75. The zero-order valence-corrected chi connectivity index (χ0v) is 24.6. The minimum Gasteiger partial charge on any atom is -0.302 e. The molecule has 11 heteroatoms. The lowest BCUT2D eigenvalue weighted by Crippen LogP contribution is -2.42. The van der Waals surface area contributed by atoms with E-state index in [-0.39, 0.29) is 29.3 Å². The van der Waals surface area contributed by atoms with Crippen LogP contribution >= 0.6 is 35.3 Å². The van der Waals surface area contributed by atoms with Crippen molar-refractivity contribution in [3.8, 4) is 0 Å². The Morgan fingerprint density at radius 2 is 1.81 bits per heavy atom. The second-order valence-electron chi connectivity index (χ2n) is 9.08. The van der Waals surface area contributed by atoms with E-state index in [1.54, 1.807) is 39.5 Å². The number of halogens is 2. The molecule has 1 fully saturated rings. The maximum Gasteiger partial charge on any atom is 0.260 e. The number of aromatic nitrogens is 1. The van der Waals surface area contributed by atoms with E-state index in [1.807, 2.05) is 19.1 Å². The van der Waals surface area contributed by atoms with Gasteiger partial charge < -0.3 is 4.90 Å². The summed E-state index contributed by atoms with van der Waals surface area (Å²) in [6.07, 6.45) is 2.78. The Morgan fingerprint density at radius 3 is 2.46 bits per heavy atom. The summed E-state index contributed by atoms with van der Waals surface area (Å²) in [5.41, 5.74) is 1.22. The van der Waals surface area contributed by atoms with E-state index in [0.717, 1.165) is 42.6 Å². The van der Waals surface area contributed by atoms with E-state index >= 15 is 0 Å². The molecule has 0 bridgehead atoms. The fourth-order valence-corrected chi connectivity index (χ4v) is 7.52. The van der Waals surface area contributed by atoms with Gasteiger partial charge in [0.1, 0.15) is 0 Å². The number of sulfonamides is 1. The van der Waals surface area contributed by atoms with E-state index in [2.05, 4.69) is 18.7 Å². The number of hydrogen-bond acceptors (Lipinski definition) is 6. The number of carbonyl (C=O) groups is 1. The van der Waals surface area contributed by atoms with Gasteiger partial charge in [-0.15, -0.1) is 12.4 Å². The molecule has 202 valence electrons. The molecule has 1 amide bonds. The molecule has 7 nitrogen and oxygen atoms in total. The van der Waals surface area contributed by atoms with Crippen molar-refractivity contribution in [2.75, 3.05) is 37.6 Å². The van der Waals surface area contributed by atoms with Crippen LogP contribution in [0, 0.1) is 0 Å². The molecule has 0 saturated carbocycles. The molecule has 1 aliphatic rings. The molecule has 1 unspecified atom stereocenters. The summed E-state index contributed by atoms with van der Waals surface area (Å²) in [6, 6.07) is 11.8. The quantitative estimate of drug-likeness (QED) is 0.312. The number of hydrogen-bond donors (Lipinski definition) is 0. The van der Waals surface area contributed by atoms with Crippen LogP contribution in [0.2, 0.25) is 5.02 Å².